The van der Waals surface area contributed by atoms with Gasteiger partial charge in [0.1, 0.15) is 29.5 Å². The molecule has 0 spiro atoms. The van der Waals surface area contributed by atoms with Crippen LogP contribution in [0.1, 0.15) is 90.2 Å². The Bertz CT molecular complexity index is 1950. The minimum Gasteiger partial charge on any atom is -0.460 e. The van der Waals surface area contributed by atoms with Crippen molar-refractivity contribution < 1.29 is 67.8 Å². The van der Waals surface area contributed by atoms with Crippen molar-refractivity contribution in [3.8, 4) is 0 Å². The average molecular weight is 808 g/mol. The normalized spacial score (nSPS) is 34.9. The summed E-state index contributed by atoms with van der Waals surface area (Å²) in [5.41, 5.74) is -8.31. The second-order valence-corrected chi connectivity index (χ2v) is 17.9. The standard InChI is InChI=1S/C43H53NO14/c1-22-26(55-37(51)32(48)30(24-15-11-9-12-16-24)44-38(52)58-39(3,4)5)20-43(53)35(56-36(50)25-17-13-10-14-18-25)33-41(8,34(49)31(47)29(22)40(43,6)7)27(46)19-28-42(33,21-54-28)57-23(2)45/h9-18,22,26-30,32-33,35,46,48,53H,19-21H2,1-8H3,(H,44,52)/t22?,26-,27?,28?,29?,30?,32?,33?,35+,41?,42?,43?/m1/s1. The summed E-state index contributed by atoms with van der Waals surface area (Å²) in [6, 6.07) is 14.6. The van der Waals surface area contributed by atoms with E-state index in [1.165, 1.54) is 19.1 Å². The third kappa shape index (κ3) is 7.09. The molecule has 15 nitrogen and oxygen atoms in total. The zero-order valence-corrected chi connectivity index (χ0v) is 33.9. The molecule has 3 saturated carbocycles. The van der Waals surface area contributed by atoms with Gasteiger partial charge >= 0.3 is 24.0 Å². The van der Waals surface area contributed by atoms with E-state index >= 15 is 0 Å². The summed E-state index contributed by atoms with van der Waals surface area (Å²) in [4.78, 5) is 83.6. The fourth-order valence-corrected chi connectivity index (χ4v) is 9.87. The summed E-state index contributed by atoms with van der Waals surface area (Å²) in [5.74, 6) is -8.93. The molecule has 4 fully saturated rings. The van der Waals surface area contributed by atoms with E-state index in [1.807, 2.05) is 0 Å². The number of carbonyl (C=O) groups excluding carboxylic acids is 6. The summed E-state index contributed by atoms with van der Waals surface area (Å²) < 4.78 is 29.5. The Balaban J connectivity index is 1.46. The molecule has 1 aliphatic heterocycles. The van der Waals surface area contributed by atoms with Crippen molar-refractivity contribution >= 4 is 35.6 Å². The molecule has 0 aromatic heterocycles. The second kappa shape index (κ2) is 15.2. The van der Waals surface area contributed by atoms with Crippen molar-refractivity contribution in [1.82, 2.24) is 5.32 Å². The highest BCUT2D eigenvalue weighted by Gasteiger charge is 2.79. The van der Waals surface area contributed by atoms with Crippen molar-refractivity contribution in [2.75, 3.05) is 6.61 Å². The molecular weight excluding hydrogens is 754 g/mol. The Morgan fingerprint density at radius 1 is 0.948 bits per heavy atom. The first-order chi connectivity index (χ1) is 27.0. The molecule has 1 heterocycles. The highest BCUT2D eigenvalue weighted by atomic mass is 16.6. The van der Waals surface area contributed by atoms with Gasteiger partial charge in [-0.05, 0) is 45.4 Å². The zero-order chi connectivity index (χ0) is 42.7. The fourth-order valence-electron chi connectivity index (χ4n) is 9.87. The fraction of sp³-hybridized carbons (Fsp3) is 0.581. The van der Waals surface area contributed by atoms with Gasteiger partial charge < -0.3 is 44.3 Å². The lowest BCUT2D eigenvalue weighted by Crippen LogP contribution is -2.82. The molecule has 58 heavy (non-hydrogen) atoms. The van der Waals surface area contributed by atoms with Crippen LogP contribution in [-0.2, 0) is 42.9 Å². The summed E-state index contributed by atoms with van der Waals surface area (Å²) in [7, 11) is 0. The van der Waals surface area contributed by atoms with Crippen LogP contribution in [0, 0.1) is 28.6 Å². The van der Waals surface area contributed by atoms with Crippen molar-refractivity contribution in [1.29, 1.82) is 0 Å². The summed E-state index contributed by atoms with van der Waals surface area (Å²) in [6.07, 6.45) is -9.48. The Morgan fingerprint density at radius 3 is 2.10 bits per heavy atom. The number of aliphatic hydroxyl groups excluding tert-OH is 2. The first kappa shape index (κ1) is 42.9. The molecule has 10 unspecified atom stereocenters. The Kier molecular flexibility index (Phi) is 11.2. The van der Waals surface area contributed by atoms with E-state index < -0.39 is 124 Å². The zero-order valence-electron chi connectivity index (χ0n) is 33.9. The minimum absolute atomic E-state index is 0.0747. The first-order valence-electron chi connectivity index (χ1n) is 19.5. The first-order valence-corrected chi connectivity index (χ1v) is 19.5. The maximum atomic E-state index is 14.9. The number of Topliss-reactive ketones (excluding diaryl/α,β-unsaturated/α-hetero) is 2. The number of amides is 1. The maximum Gasteiger partial charge on any atom is 0.408 e. The SMILES string of the molecule is CC(=O)OC12COC1CC(O)C1(C)C(=O)C(=O)C3C(C)[C@H](OC(=O)C(O)C(NC(=O)OC(C)(C)C)c4ccccc4)CC(O)([C@@H](OC(=O)c4ccccc4)C21)C3(C)C. The van der Waals surface area contributed by atoms with Crippen LogP contribution >= 0.6 is 0 Å². The van der Waals surface area contributed by atoms with E-state index in [9.17, 15) is 44.1 Å². The number of aliphatic hydroxyl groups is 3. The highest BCUT2D eigenvalue weighted by Crippen LogP contribution is 2.64. The van der Waals surface area contributed by atoms with Gasteiger partial charge in [-0.3, -0.25) is 14.4 Å². The maximum absolute atomic E-state index is 14.9. The molecule has 1 saturated heterocycles. The van der Waals surface area contributed by atoms with Crippen LogP contribution in [0.3, 0.4) is 0 Å². The van der Waals surface area contributed by atoms with E-state index in [4.69, 9.17) is 23.7 Å². The Labute approximate surface area is 336 Å². The van der Waals surface area contributed by atoms with Gasteiger partial charge in [0, 0.05) is 37.0 Å². The molecule has 2 bridgehead atoms. The van der Waals surface area contributed by atoms with Crippen LogP contribution in [0.5, 0.6) is 0 Å². The molecule has 1 amide bonds. The van der Waals surface area contributed by atoms with Gasteiger partial charge in [0.2, 0.25) is 11.6 Å². The predicted octanol–water partition coefficient (Wildman–Crippen LogP) is 3.40. The third-order valence-corrected chi connectivity index (χ3v) is 12.9. The van der Waals surface area contributed by atoms with E-state index in [0.29, 0.717) is 5.56 Å². The number of rotatable bonds is 8. The monoisotopic (exact) mass is 807 g/mol. The van der Waals surface area contributed by atoms with Gasteiger partial charge in [-0.1, -0.05) is 69.3 Å². The number of alkyl carbamates (subject to hydrolysis) is 1. The van der Waals surface area contributed by atoms with E-state index in [0.717, 1.165) is 6.92 Å². The molecule has 3 aliphatic carbocycles. The summed E-state index contributed by atoms with van der Waals surface area (Å²) in [5, 5.41) is 39.3. The van der Waals surface area contributed by atoms with Gasteiger partial charge in [-0.2, -0.15) is 0 Å². The number of ether oxygens (including phenoxy) is 5. The smallest absolute Gasteiger partial charge is 0.408 e. The van der Waals surface area contributed by atoms with Gasteiger partial charge in [0.25, 0.3) is 0 Å². The number of ketones is 2. The summed E-state index contributed by atoms with van der Waals surface area (Å²) in [6.45, 7) is 11.8. The van der Waals surface area contributed by atoms with Gasteiger partial charge in [-0.25, -0.2) is 14.4 Å². The molecule has 12 atom stereocenters. The van der Waals surface area contributed by atoms with Crippen molar-refractivity contribution in [2.24, 2.45) is 28.6 Å². The molecule has 2 aromatic rings. The molecule has 4 aliphatic rings. The van der Waals surface area contributed by atoms with Crippen molar-refractivity contribution in [3.63, 3.8) is 0 Å². The van der Waals surface area contributed by atoms with Gasteiger partial charge in [0.15, 0.2) is 11.7 Å². The van der Waals surface area contributed by atoms with Crippen molar-refractivity contribution in [2.45, 2.75) is 122 Å². The Morgan fingerprint density at radius 2 is 1.55 bits per heavy atom. The van der Waals surface area contributed by atoms with Gasteiger partial charge in [0.05, 0.1) is 35.6 Å². The second-order valence-electron chi connectivity index (χ2n) is 17.9. The van der Waals surface area contributed by atoms with Crippen LogP contribution < -0.4 is 5.32 Å². The number of hydrogen-bond acceptors (Lipinski definition) is 14. The molecule has 15 heteroatoms. The van der Waals surface area contributed by atoms with Crippen LogP contribution in [0.4, 0.5) is 4.79 Å². The number of benzene rings is 2. The minimum atomic E-state index is -2.36. The third-order valence-electron chi connectivity index (χ3n) is 12.9. The quantitative estimate of drug-likeness (QED) is 0.171. The molecular formula is C43H53NO14. The Hall–Kier alpha value is -4.70. The average Bonchev–Trinajstić information content (AvgIpc) is 3.14. The summed E-state index contributed by atoms with van der Waals surface area (Å²) >= 11 is 0. The molecule has 2 aromatic carbocycles. The molecule has 314 valence electrons. The highest BCUT2D eigenvalue weighted by molar-refractivity contribution is 6.40. The lowest BCUT2D eigenvalue weighted by Gasteiger charge is -2.67. The molecule has 0 radical (unpaired) electrons. The number of fused-ring (bicyclic) bond motifs is 5. The van der Waals surface area contributed by atoms with E-state index in [-0.39, 0.29) is 18.6 Å². The van der Waals surface area contributed by atoms with Crippen LogP contribution in [0.15, 0.2) is 60.7 Å². The lowest BCUT2D eigenvalue weighted by atomic mass is 9.42. The molecule has 4 N–H and O–H groups in total. The number of hydrogen-bond donors (Lipinski definition) is 4. The number of carbonyl (C=O) groups is 6. The van der Waals surface area contributed by atoms with Crippen LogP contribution in [0.2, 0.25) is 0 Å². The van der Waals surface area contributed by atoms with Crippen molar-refractivity contribution in [3.05, 3.63) is 71.8 Å². The largest absolute Gasteiger partial charge is 0.460 e. The lowest BCUT2D eigenvalue weighted by molar-refractivity contribution is -0.350. The van der Waals surface area contributed by atoms with Crippen LogP contribution in [0.25, 0.3) is 0 Å². The van der Waals surface area contributed by atoms with E-state index in [1.54, 1.807) is 90.1 Å². The van der Waals surface area contributed by atoms with Gasteiger partial charge in [-0.15, -0.1) is 0 Å². The topological polar surface area (TPSA) is 221 Å². The number of nitrogens with one attached hydrogen (secondary N) is 1. The van der Waals surface area contributed by atoms with Crippen LogP contribution in [-0.4, -0.2) is 105 Å². The number of esters is 3. The predicted molar refractivity (Wildman–Crippen MR) is 203 cm³/mol. The molecule has 6 rings (SSSR count). The van der Waals surface area contributed by atoms with E-state index in [2.05, 4.69) is 5.32 Å².